The van der Waals surface area contributed by atoms with E-state index in [9.17, 15) is 9.90 Å². The number of nitrogen functional groups attached to an aromatic ring is 1. The Bertz CT molecular complexity index is 947. The summed E-state index contributed by atoms with van der Waals surface area (Å²) in [5, 5.41) is 19.6. The SMILES string of the molecule is CC1(O)CCC2C(CCC3C2CCC2(C)C(C(=O)CN=Nc4cc(Cl)ccc4N)CCC32)C1. The van der Waals surface area contributed by atoms with E-state index in [1.165, 1.54) is 32.1 Å². The number of benzene rings is 1. The number of rotatable bonds is 4. The van der Waals surface area contributed by atoms with Crippen molar-refractivity contribution < 1.29 is 9.90 Å². The van der Waals surface area contributed by atoms with Crippen LogP contribution in [0.2, 0.25) is 5.02 Å². The lowest BCUT2D eigenvalue weighted by Crippen LogP contribution is -2.51. The van der Waals surface area contributed by atoms with Gasteiger partial charge in [-0.1, -0.05) is 18.5 Å². The van der Waals surface area contributed by atoms with Gasteiger partial charge in [0.05, 0.1) is 11.3 Å². The number of carbonyl (C=O) groups is 1. The van der Waals surface area contributed by atoms with Crippen LogP contribution in [-0.2, 0) is 4.79 Å². The second-order valence-electron chi connectivity index (χ2n) is 11.9. The van der Waals surface area contributed by atoms with Crippen LogP contribution in [-0.4, -0.2) is 23.0 Å². The molecule has 33 heavy (non-hydrogen) atoms. The third-order valence-corrected chi connectivity index (χ3v) is 10.3. The summed E-state index contributed by atoms with van der Waals surface area (Å²) in [6.45, 7) is 4.53. The molecule has 0 amide bonds. The van der Waals surface area contributed by atoms with E-state index in [-0.39, 0.29) is 23.7 Å². The summed E-state index contributed by atoms with van der Waals surface area (Å²) < 4.78 is 0. The fourth-order valence-electron chi connectivity index (χ4n) is 8.51. The zero-order valence-electron chi connectivity index (χ0n) is 20.0. The van der Waals surface area contributed by atoms with Gasteiger partial charge in [-0.2, -0.15) is 10.2 Å². The van der Waals surface area contributed by atoms with Crippen molar-refractivity contribution >= 4 is 28.8 Å². The van der Waals surface area contributed by atoms with Crippen LogP contribution >= 0.6 is 11.6 Å². The van der Waals surface area contributed by atoms with Crippen molar-refractivity contribution in [3.63, 3.8) is 0 Å². The minimum atomic E-state index is -0.466. The minimum Gasteiger partial charge on any atom is -0.397 e. The first-order valence-electron chi connectivity index (χ1n) is 12.9. The largest absolute Gasteiger partial charge is 0.397 e. The number of anilines is 1. The molecule has 180 valence electrons. The van der Waals surface area contributed by atoms with Crippen LogP contribution in [0.15, 0.2) is 28.4 Å². The first kappa shape index (κ1) is 23.3. The number of nitrogens with zero attached hydrogens (tertiary/aromatic N) is 2. The van der Waals surface area contributed by atoms with E-state index in [1.807, 2.05) is 6.92 Å². The molecule has 4 fully saturated rings. The summed E-state index contributed by atoms with van der Waals surface area (Å²) in [5.74, 6) is 3.97. The molecule has 4 saturated carbocycles. The number of nitrogens with two attached hydrogens (primary N) is 1. The van der Waals surface area contributed by atoms with Gasteiger partial charge in [-0.15, -0.1) is 0 Å². The average Bonchev–Trinajstić information content (AvgIpc) is 3.12. The molecule has 0 spiro atoms. The molecule has 0 heterocycles. The molecule has 0 saturated heterocycles. The molecule has 4 aliphatic rings. The highest BCUT2D eigenvalue weighted by Gasteiger charge is 2.58. The van der Waals surface area contributed by atoms with E-state index < -0.39 is 5.60 Å². The maximum atomic E-state index is 13.3. The lowest BCUT2D eigenvalue weighted by molar-refractivity contribution is -0.131. The minimum absolute atomic E-state index is 0.0870. The van der Waals surface area contributed by atoms with Crippen LogP contribution in [0.5, 0.6) is 0 Å². The Morgan fingerprint density at radius 1 is 1.09 bits per heavy atom. The van der Waals surface area contributed by atoms with Gasteiger partial charge < -0.3 is 10.8 Å². The van der Waals surface area contributed by atoms with Gasteiger partial charge in [0.2, 0.25) is 0 Å². The first-order valence-corrected chi connectivity index (χ1v) is 13.2. The highest BCUT2D eigenvalue weighted by molar-refractivity contribution is 6.31. The van der Waals surface area contributed by atoms with Gasteiger partial charge in [-0.3, -0.25) is 4.79 Å². The molecule has 1 aromatic carbocycles. The topological polar surface area (TPSA) is 88.0 Å². The van der Waals surface area contributed by atoms with Gasteiger partial charge in [-0.25, -0.2) is 0 Å². The number of Topliss-reactive ketones (excluding diaryl/α,β-unsaturated/α-hetero) is 1. The van der Waals surface area contributed by atoms with E-state index in [1.54, 1.807) is 18.2 Å². The number of azo groups is 1. The summed E-state index contributed by atoms with van der Waals surface area (Å²) >= 11 is 6.03. The Morgan fingerprint density at radius 2 is 1.88 bits per heavy atom. The molecular formula is C27H38ClN3O2. The smallest absolute Gasteiger partial charge is 0.159 e. The van der Waals surface area contributed by atoms with Gasteiger partial charge in [0.15, 0.2) is 5.78 Å². The van der Waals surface area contributed by atoms with Gasteiger partial charge >= 0.3 is 0 Å². The van der Waals surface area contributed by atoms with Crippen molar-refractivity contribution in [3.05, 3.63) is 23.2 Å². The summed E-state index contributed by atoms with van der Waals surface area (Å²) in [7, 11) is 0. The molecule has 5 rings (SSSR count). The molecule has 4 aliphatic carbocycles. The van der Waals surface area contributed by atoms with E-state index in [2.05, 4.69) is 17.2 Å². The summed E-state index contributed by atoms with van der Waals surface area (Å²) in [6.07, 6.45) is 10.2. The molecule has 8 atom stereocenters. The van der Waals surface area contributed by atoms with Gasteiger partial charge in [0, 0.05) is 10.9 Å². The molecule has 1 aromatic rings. The summed E-state index contributed by atoms with van der Waals surface area (Å²) in [4.78, 5) is 13.3. The van der Waals surface area contributed by atoms with Crippen LogP contribution in [0.4, 0.5) is 11.4 Å². The molecule has 0 aromatic heterocycles. The number of fused-ring (bicyclic) bond motifs is 5. The summed E-state index contributed by atoms with van der Waals surface area (Å²) in [5.41, 5.74) is 6.61. The number of aliphatic hydroxyl groups is 1. The lowest BCUT2D eigenvalue weighted by atomic mass is 9.49. The Morgan fingerprint density at radius 3 is 2.70 bits per heavy atom. The highest BCUT2D eigenvalue weighted by atomic mass is 35.5. The van der Waals surface area contributed by atoms with E-state index in [0.717, 1.165) is 43.4 Å². The maximum Gasteiger partial charge on any atom is 0.159 e. The zero-order chi connectivity index (χ0) is 23.4. The van der Waals surface area contributed by atoms with Gasteiger partial charge in [0.1, 0.15) is 12.2 Å². The molecule has 0 bridgehead atoms. The molecule has 3 N–H and O–H groups in total. The van der Waals surface area contributed by atoms with Crippen molar-refractivity contribution in [1.82, 2.24) is 0 Å². The fraction of sp³-hybridized carbons (Fsp3) is 0.741. The molecule has 5 nitrogen and oxygen atoms in total. The van der Waals surface area contributed by atoms with Crippen LogP contribution in [0.1, 0.15) is 71.6 Å². The second-order valence-corrected chi connectivity index (χ2v) is 12.4. The van der Waals surface area contributed by atoms with E-state index >= 15 is 0 Å². The van der Waals surface area contributed by atoms with E-state index in [4.69, 9.17) is 17.3 Å². The maximum absolute atomic E-state index is 13.3. The third kappa shape index (κ3) is 4.25. The van der Waals surface area contributed by atoms with Crippen LogP contribution in [0.3, 0.4) is 0 Å². The van der Waals surface area contributed by atoms with Crippen molar-refractivity contribution in [2.75, 3.05) is 12.3 Å². The molecular weight excluding hydrogens is 434 g/mol. The van der Waals surface area contributed by atoms with Crippen molar-refractivity contribution in [1.29, 1.82) is 0 Å². The van der Waals surface area contributed by atoms with Gasteiger partial charge in [-0.05, 0) is 118 Å². The lowest BCUT2D eigenvalue weighted by Gasteiger charge is -2.56. The third-order valence-electron chi connectivity index (χ3n) is 10.0. The van der Waals surface area contributed by atoms with Gasteiger partial charge in [0.25, 0.3) is 0 Å². The molecule has 8 unspecified atom stereocenters. The first-order chi connectivity index (χ1) is 15.7. The standard InChI is InChI=1S/C27H38ClN3O2/c1-26(33)11-9-18-16(14-26)3-5-20-19(18)10-12-27(2)21(20)6-7-22(27)25(32)15-30-31-24-13-17(28)4-8-23(24)29/h4,8,13,16,18-22,33H,3,5-7,9-12,14-15,29H2,1-2H3. The average molecular weight is 472 g/mol. The molecule has 0 radical (unpaired) electrons. The summed E-state index contributed by atoms with van der Waals surface area (Å²) in [6, 6.07) is 5.11. The Labute approximate surface area is 202 Å². The van der Waals surface area contributed by atoms with Crippen LogP contribution in [0, 0.1) is 40.9 Å². The van der Waals surface area contributed by atoms with Crippen LogP contribution < -0.4 is 5.73 Å². The number of hydrogen-bond acceptors (Lipinski definition) is 5. The van der Waals surface area contributed by atoms with Crippen LogP contribution in [0.25, 0.3) is 0 Å². The number of ketones is 1. The Hall–Kier alpha value is -1.46. The van der Waals surface area contributed by atoms with Crippen molar-refractivity contribution in [2.24, 2.45) is 51.2 Å². The number of halogens is 1. The molecule has 0 aliphatic heterocycles. The van der Waals surface area contributed by atoms with E-state index in [0.29, 0.717) is 28.2 Å². The number of carbonyl (C=O) groups excluding carboxylic acids is 1. The van der Waals surface area contributed by atoms with Crippen molar-refractivity contribution in [3.8, 4) is 0 Å². The monoisotopic (exact) mass is 471 g/mol. The Balaban J connectivity index is 1.26. The zero-order valence-corrected chi connectivity index (χ0v) is 20.7. The second kappa shape index (κ2) is 8.64. The molecule has 6 heteroatoms. The quantitative estimate of drug-likeness (QED) is 0.383. The highest BCUT2D eigenvalue weighted by Crippen LogP contribution is 2.64. The van der Waals surface area contributed by atoms with Crippen molar-refractivity contribution in [2.45, 2.75) is 77.2 Å². The Kier molecular flexibility index (Phi) is 6.10. The predicted octanol–water partition coefficient (Wildman–Crippen LogP) is 6.59. The predicted molar refractivity (Wildman–Crippen MR) is 131 cm³/mol. The normalized spacial score (nSPS) is 42.5. The number of hydrogen-bond donors (Lipinski definition) is 2. The fourth-order valence-corrected chi connectivity index (χ4v) is 8.67.